The number of benzene rings is 3. The maximum Gasteiger partial charge on any atom is 0.420 e. The van der Waals surface area contributed by atoms with Crippen LogP contribution in [0.3, 0.4) is 0 Å². The molecule has 2 heterocycles. The van der Waals surface area contributed by atoms with E-state index in [1.54, 1.807) is 0 Å². The lowest BCUT2D eigenvalue weighted by molar-refractivity contribution is -0.139. The fourth-order valence-electron chi connectivity index (χ4n) is 3.59. The monoisotopic (exact) mass is 628 g/mol. The summed E-state index contributed by atoms with van der Waals surface area (Å²) in [5.74, 6) is -4.42. The molecule has 2 saturated heterocycles. The van der Waals surface area contributed by atoms with E-state index in [1.807, 2.05) is 0 Å². The highest BCUT2D eigenvalue weighted by molar-refractivity contribution is 5.91. The first-order valence-corrected chi connectivity index (χ1v) is 13.1. The first-order chi connectivity index (χ1) is 21.2. The van der Waals surface area contributed by atoms with E-state index < -0.39 is 53.2 Å². The number of halogens is 5. The fraction of sp³-hybridized carbons (Fsp3) is 0.345. The van der Waals surface area contributed by atoms with Crippen molar-refractivity contribution in [2.24, 2.45) is 0 Å². The third kappa shape index (κ3) is 9.16. The second-order valence-corrected chi connectivity index (χ2v) is 9.36. The van der Waals surface area contributed by atoms with E-state index in [9.17, 15) is 26.7 Å². The van der Waals surface area contributed by atoms with Crippen LogP contribution in [0.5, 0.6) is 28.7 Å². The molecule has 2 aliphatic heterocycles. The van der Waals surface area contributed by atoms with Gasteiger partial charge in [-0.2, -0.15) is 13.2 Å². The Labute approximate surface area is 247 Å². The van der Waals surface area contributed by atoms with Crippen LogP contribution < -0.4 is 23.7 Å². The number of rotatable bonds is 16. The molecule has 2 unspecified atom stereocenters. The summed E-state index contributed by atoms with van der Waals surface area (Å²) >= 11 is 0. The lowest BCUT2D eigenvalue weighted by Crippen LogP contribution is -2.14. The van der Waals surface area contributed by atoms with Crippen LogP contribution in [0, 0.1) is 11.6 Å². The van der Waals surface area contributed by atoms with Gasteiger partial charge < -0.3 is 42.6 Å². The van der Waals surface area contributed by atoms with Gasteiger partial charge in [0.2, 0.25) is 6.79 Å². The lowest BCUT2D eigenvalue weighted by atomic mass is 10.1. The fourth-order valence-corrected chi connectivity index (χ4v) is 3.59. The SMILES string of the molecule is O=C(Oc1ccc(OCOc2ccc(OCOCC3CO3)cc2F)c(C(F)(F)F)c1)c1ccc(OCOCC2CO2)cc1F. The van der Waals surface area contributed by atoms with Crippen LogP contribution in [-0.2, 0) is 25.1 Å². The van der Waals surface area contributed by atoms with E-state index >= 15 is 0 Å². The van der Waals surface area contributed by atoms with Crippen molar-refractivity contribution >= 4 is 5.97 Å². The Hall–Kier alpha value is -4.18. The average Bonchev–Trinajstić information content (AvgIpc) is 3.91. The predicted octanol–water partition coefficient (Wildman–Crippen LogP) is 5.12. The average molecular weight is 628 g/mol. The molecule has 0 radical (unpaired) electrons. The van der Waals surface area contributed by atoms with Gasteiger partial charge in [-0.3, -0.25) is 0 Å². The molecule has 15 heteroatoms. The van der Waals surface area contributed by atoms with Crippen LogP contribution in [0.1, 0.15) is 15.9 Å². The summed E-state index contributed by atoms with van der Waals surface area (Å²) in [6, 6.07) is 9.26. The minimum atomic E-state index is -4.94. The van der Waals surface area contributed by atoms with Gasteiger partial charge in [0.05, 0.1) is 32.0 Å². The van der Waals surface area contributed by atoms with Crippen LogP contribution >= 0.6 is 0 Å². The molecular formula is C29H25F5O10. The van der Waals surface area contributed by atoms with Crippen molar-refractivity contribution in [3.63, 3.8) is 0 Å². The van der Waals surface area contributed by atoms with Gasteiger partial charge in [0.15, 0.2) is 25.2 Å². The van der Waals surface area contributed by atoms with Crippen molar-refractivity contribution < 1.29 is 69.4 Å². The molecule has 0 aliphatic carbocycles. The van der Waals surface area contributed by atoms with Crippen molar-refractivity contribution in [2.45, 2.75) is 18.4 Å². The Bertz CT molecular complexity index is 1440. The summed E-state index contributed by atoms with van der Waals surface area (Å²) in [5.41, 5.74) is -1.85. The predicted molar refractivity (Wildman–Crippen MR) is 138 cm³/mol. The van der Waals surface area contributed by atoms with Crippen LogP contribution in [0.4, 0.5) is 22.0 Å². The lowest BCUT2D eigenvalue weighted by Gasteiger charge is -2.16. The van der Waals surface area contributed by atoms with Gasteiger partial charge in [-0.25, -0.2) is 13.6 Å². The topological polar surface area (TPSA) is 107 Å². The normalized spacial score (nSPS) is 17.1. The molecule has 10 nitrogen and oxygen atoms in total. The van der Waals surface area contributed by atoms with E-state index in [2.05, 4.69) is 0 Å². The molecule has 2 atom stereocenters. The van der Waals surface area contributed by atoms with Gasteiger partial charge in [-0.15, -0.1) is 0 Å². The van der Waals surface area contributed by atoms with Crippen molar-refractivity contribution in [3.05, 3.63) is 77.4 Å². The number of carbonyl (C=O) groups excluding carboxylic acids is 1. The number of hydrogen-bond acceptors (Lipinski definition) is 10. The summed E-state index contributed by atoms with van der Waals surface area (Å²) in [7, 11) is 0. The molecule has 236 valence electrons. The number of ether oxygens (including phenoxy) is 9. The number of esters is 1. The van der Waals surface area contributed by atoms with E-state index in [-0.39, 0.29) is 43.0 Å². The highest BCUT2D eigenvalue weighted by Crippen LogP contribution is 2.39. The van der Waals surface area contributed by atoms with Crippen molar-refractivity contribution in [1.29, 1.82) is 0 Å². The van der Waals surface area contributed by atoms with Crippen molar-refractivity contribution in [3.8, 4) is 28.7 Å². The summed E-state index contributed by atoms with van der Waals surface area (Å²) in [6.07, 6.45) is -4.87. The molecule has 2 fully saturated rings. The van der Waals surface area contributed by atoms with Crippen molar-refractivity contribution in [2.75, 3.05) is 46.8 Å². The second-order valence-electron chi connectivity index (χ2n) is 9.36. The zero-order chi connectivity index (χ0) is 31.1. The van der Waals surface area contributed by atoms with Crippen LogP contribution in [0.25, 0.3) is 0 Å². The van der Waals surface area contributed by atoms with Gasteiger partial charge in [0, 0.05) is 12.1 Å². The van der Waals surface area contributed by atoms with Crippen LogP contribution in [0.2, 0.25) is 0 Å². The molecule has 0 bridgehead atoms. The maximum atomic E-state index is 14.5. The summed E-state index contributed by atoms with van der Waals surface area (Å²) < 4.78 is 116. The van der Waals surface area contributed by atoms with Crippen LogP contribution in [0.15, 0.2) is 54.6 Å². The molecule has 0 saturated carbocycles. The highest BCUT2D eigenvalue weighted by Gasteiger charge is 2.35. The highest BCUT2D eigenvalue weighted by atomic mass is 19.4. The Kier molecular flexibility index (Phi) is 9.99. The van der Waals surface area contributed by atoms with Gasteiger partial charge in [0.1, 0.15) is 46.6 Å². The number of hydrogen-bond donors (Lipinski definition) is 0. The van der Waals surface area contributed by atoms with E-state index in [0.29, 0.717) is 32.5 Å². The third-order valence-electron chi connectivity index (χ3n) is 5.99. The zero-order valence-corrected chi connectivity index (χ0v) is 22.8. The zero-order valence-electron chi connectivity index (χ0n) is 22.8. The van der Waals surface area contributed by atoms with Gasteiger partial charge in [-0.05, 0) is 42.5 Å². The summed E-state index contributed by atoms with van der Waals surface area (Å²) in [5, 5.41) is 0. The van der Waals surface area contributed by atoms with Gasteiger partial charge >= 0.3 is 12.1 Å². The Balaban J connectivity index is 1.14. The summed E-state index contributed by atoms with van der Waals surface area (Å²) in [6.45, 7) is 0.792. The van der Waals surface area contributed by atoms with E-state index in [4.69, 9.17) is 42.6 Å². The number of epoxide rings is 2. The molecule has 44 heavy (non-hydrogen) atoms. The smallest absolute Gasteiger partial charge is 0.420 e. The number of carbonyl (C=O) groups is 1. The first-order valence-electron chi connectivity index (χ1n) is 13.1. The Morgan fingerprint density at radius 2 is 1.25 bits per heavy atom. The molecule has 0 amide bonds. The molecule has 5 rings (SSSR count). The standard InChI is InChI=1S/C29H25F5O10/c30-24-8-17(40-14-36-10-20-12-38-20)1-4-22(24)28(35)44-19-3-5-26(23(7-19)29(32,33)34)42-16-43-27-6-2-18(9-25(27)31)41-15-37-11-21-13-39-21/h1-9,20-21H,10-16H2. The van der Waals surface area contributed by atoms with Crippen molar-refractivity contribution in [1.82, 2.24) is 0 Å². The summed E-state index contributed by atoms with van der Waals surface area (Å²) in [4.78, 5) is 12.5. The van der Waals surface area contributed by atoms with E-state index in [0.717, 1.165) is 30.3 Å². The third-order valence-corrected chi connectivity index (χ3v) is 5.99. The molecule has 0 spiro atoms. The molecule has 2 aliphatic rings. The minimum Gasteiger partial charge on any atom is -0.467 e. The molecular weight excluding hydrogens is 603 g/mol. The van der Waals surface area contributed by atoms with Crippen LogP contribution in [-0.4, -0.2) is 65.0 Å². The Morgan fingerprint density at radius 3 is 1.82 bits per heavy atom. The molecule has 0 N–H and O–H groups in total. The molecule has 3 aromatic carbocycles. The van der Waals surface area contributed by atoms with Gasteiger partial charge in [-0.1, -0.05) is 0 Å². The largest absolute Gasteiger partial charge is 0.467 e. The van der Waals surface area contributed by atoms with Gasteiger partial charge in [0.25, 0.3) is 0 Å². The second kappa shape index (κ2) is 14.1. The molecule has 0 aromatic heterocycles. The Morgan fingerprint density at radius 1 is 0.705 bits per heavy atom. The number of alkyl halides is 3. The minimum absolute atomic E-state index is 0.0203. The quantitative estimate of drug-likeness (QED) is 0.0530. The first kappa shape index (κ1) is 31.3. The van der Waals surface area contributed by atoms with E-state index in [1.165, 1.54) is 18.2 Å². The maximum absolute atomic E-state index is 14.5. The molecule has 3 aromatic rings.